The maximum Gasteiger partial charge on any atom is 0.328 e. The molecular formula is C24H25BrN4O3. The normalized spacial score (nSPS) is 14.2. The first kappa shape index (κ1) is 22.1. The van der Waals surface area contributed by atoms with Gasteiger partial charge in [0.15, 0.2) is 0 Å². The Bertz CT molecular complexity index is 1180. The molecule has 1 aliphatic carbocycles. The van der Waals surface area contributed by atoms with Crippen LogP contribution >= 0.6 is 15.9 Å². The van der Waals surface area contributed by atoms with E-state index in [1.54, 1.807) is 18.2 Å². The van der Waals surface area contributed by atoms with E-state index in [9.17, 15) is 14.4 Å². The van der Waals surface area contributed by atoms with Crippen LogP contribution in [-0.2, 0) is 9.59 Å². The Hall–Kier alpha value is -3.13. The quantitative estimate of drug-likeness (QED) is 0.464. The number of nitrogens with one attached hydrogen (secondary N) is 3. The van der Waals surface area contributed by atoms with E-state index < -0.39 is 17.7 Å². The van der Waals surface area contributed by atoms with E-state index in [0.717, 1.165) is 47.5 Å². The van der Waals surface area contributed by atoms with Gasteiger partial charge in [0.25, 0.3) is 5.91 Å². The molecule has 1 saturated carbocycles. The maximum atomic E-state index is 13.1. The molecule has 4 rings (SSSR count). The van der Waals surface area contributed by atoms with Crippen LogP contribution in [0.5, 0.6) is 0 Å². The van der Waals surface area contributed by atoms with Crippen molar-refractivity contribution in [3.05, 3.63) is 64.3 Å². The van der Waals surface area contributed by atoms with Crippen molar-refractivity contribution in [1.82, 2.24) is 9.99 Å². The zero-order valence-corrected chi connectivity index (χ0v) is 19.4. The molecule has 32 heavy (non-hydrogen) atoms. The molecule has 7 nitrogen and oxygen atoms in total. The van der Waals surface area contributed by atoms with Crippen molar-refractivity contribution in [3.63, 3.8) is 0 Å². The first-order valence-electron chi connectivity index (χ1n) is 10.7. The lowest BCUT2D eigenvalue weighted by atomic mass is 9.95. The van der Waals surface area contributed by atoms with Crippen LogP contribution < -0.4 is 16.1 Å². The average molecular weight is 497 g/mol. The third-order valence-corrected chi connectivity index (χ3v) is 6.13. The van der Waals surface area contributed by atoms with E-state index in [1.165, 1.54) is 4.68 Å². The van der Waals surface area contributed by atoms with Gasteiger partial charge in [0.1, 0.15) is 5.69 Å². The molecule has 0 radical (unpaired) electrons. The number of nitrogens with zero attached hydrogens (tertiary/aromatic N) is 1. The van der Waals surface area contributed by atoms with Crippen molar-refractivity contribution in [3.8, 4) is 0 Å². The van der Waals surface area contributed by atoms with Crippen LogP contribution in [0, 0.1) is 6.92 Å². The number of halogens is 1. The molecule has 8 heteroatoms. The molecule has 0 aliphatic heterocycles. The molecule has 0 unspecified atom stereocenters. The molecule has 3 N–H and O–H groups in total. The van der Waals surface area contributed by atoms with E-state index in [2.05, 4.69) is 32.0 Å². The maximum absolute atomic E-state index is 13.1. The predicted octanol–water partition coefficient (Wildman–Crippen LogP) is 4.48. The first-order valence-corrected chi connectivity index (χ1v) is 11.5. The van der Waals surface area contributed by atoms with Crippen LogP contribution in [0.1, 0.15) is 48.2 Å². The van der Waals surface area contributed by atoms with Gasteiger partial charge < -0.3 is 10.6 Å². The smallest absolute Gasteiger partial charge is 0.328 e. The molecule has 3 aromatic rings. The summed E-state index contributed by atoms with van der Waals surface area (Å²) in [6.45, 7) is 1.94. The monoisotopic (exact) mass is 496 g/mol. The fraction of sp³-hybridized carbons (Fsp3) is 0.292. The minimum Gasteiger partial charge on any atom is -0.345 e. The van der Waals surface area contributed by atoms with Crippen LogP contribution in [0.3, 0.4) is 0 Å². The molecule has 1 heterocycles. The molecular weight excluding hydrogens is 472 g/mol. The zero-order valence-electron chi connectivity index (χ0n) is 17.8. The second kappa shape index (κ2) is 9.56. The van der Waals surface area contributed by atoms with Gasteiger partial charge in [0, 0.05) is 21.6 Å². The van der Waals surface area contributed by atoms with Crippen molar-refractivity contribution < 1.29 is 14.4 Å². The van der Waals surface area contributed by atoms with E-state index in [1.807, 2.05) is 37.3 Å². The van der Waals surface area contributed by atoms with Crippen molar-refractivity contribution in [2.24, 2.45) is 0 Å². The largest absolute Gasteiger partial charge is 0.345 e. The number of carbonyl (C=O) groups is 3. The number of fused-ring (bicyclic) bond motifs is 1. The van der Waals surface area contributed by atoms with Gasteiger partial charge >= 0.3 is 11.8 Å². The minimum absolute atomic E-state index is 0.0171. The molecule has 166 valence electrons. The topological polar surface area (TPSA) is 92.2 Å². The van der Waals surface area contributed by atoms with Gasteiger partial charge in [0.2, 0.25) is 0 Å². The number of carbonyl (C=O) groups excluding carboxylic acids is 3. The lowest BCUT2D eigenvalue weighted by Crippen LogP contribution is -2.44. The predicted molar refractivity (Wildman–Crippen MR) is 128 cm³/mol. The lowest BCUT2D eigenvalue weighted by Gasteiger charge is -2.22. The van der Waals surface area contributed by atoms with E-state index in [0.29, 0.717) is 11.2 Å². The van der Waals surface area contributed by atoms with Crippen LogP contribution in [0.15, 0.2) is 53.0 Å². The molecule has 0 saturated heterocycles. The summed E-state index contributed by atoms with van der Waals surface area (Å²) < 4.78 is 2.21. The van der Waals surface area contributed by atoms with Gasteiger partial charge in [-0.25, -0.2) is 4.68 Å². The Balaban J connectivity index is 1.59. The number of rotatable bonds is 4. The second-order valence-electron chi connectivity index (χ2n) is 8.14. The van der Waals surface area contributed by atoms with Crippen LogP contribution in [0.2, 0.25) is 0 Å². The molecule has 3 amide bonds. The summed E-state index contributed by atoms with van der Waals surface area (Å²) in [6.07, 6.45) is 5.01. The Morgan fingerprint density at radius 2 is 1.75 bits per heavy atom. The Labute approximate surface area is 194 Å². The van der Waals surface area contributed by atoms with Crippen molar-refractivity contribution >= 4 is 50.2 Å². The summed E-state index contributed by atoms with van der Waals surface area (Å²) >= 11 is 3.43. The number of amides is 3. The van der Waals surface area contributed by atoms with E-state index in [4.69, 9.17) is 0 Å². The van der Waals surface area contributed by atoms with Gasteiger partial charge in [-0.1, -0.05) is 47.3 Å². The summed E-state index contributed by atoms with van der Waals surface area (Å²) in [5, 5.41) is 6.42. The Morgan fingerprint density at radius 1 is 0.969 bits per heavy atom. The highest BCUT2D eigenvalue weighted by Gasteiger charge is 2.23. The number of hydrogen-bond donors (Lipinski definition) is 3. The van der Waals surface area contributed by atoms with Crippen LogP contribution in [-0.4, -0.2) is 28.4 Å². The standard InChI is InChI=1S/C24H25BrN4O3/c1-15-6-5-9-19(12-15)27-22(30)21-14-16-13-17(25)10-11-20(16)29(21)28-24(32)23(31)26-18-7-3-2-4-8-18/h5-6,9-14,18H,2-4,7-8H2,1H3,(H,26,31)(H,27,30)(H,28,32). The average Bonchev–Trinajstić information content (AvgIpc) is 3.12. The highest BCUT2D eigenvalue weighted by molar-refractivity contribution is 9.10. The van der Waals surface area contributed by atoms with Crippen molar-refractivity contribution in [2.45, 2.75) is 45.1 Å². The van der Waals surface area contributed by atoms with Gasteiger partial charge in [-0.2, -0.15) is 0 Å². The van der Waals surface area contributed by atoms with E-state index >= 15 is 0 Å². The fourth-order valence-electron chi connectivity index (χ4n) is 4.04. The lowest BCUT2D eigenvalue weighted by molar-refractivity contribution is -0.137. The summed E-state index contributed by atoms with van der Waals surface area (Å²) in [4.78, 5) is 38.3. The molecule has 1 aliphatic rings. The van der Waals surface area contributed by atoms with Gasteiger partial charge in [-0.05, 0) is 61.7 Å². The summed E-state index contributed by atoms with van der Waals surface area (Å²) in [5.74, 6) is -1.89. The van der Waals surface area contributed by atoms with Crippen molar-refractivity contribution in [2.75, 3.05) is 10.7 Å². The van der Waals surface area contributed by atoms with Gasteiger partial charge in [-0.3, -0.25) is 19.8 Å². The molecule has 0 atom stereocenters. The highest BCUT2D eigenvalue weighted by atomic mass is 79.9. The van der Waals surface area contributed by atoms with Crippen molar-refractivity contribution in [1.29, 1.82) is 0 Å². The second-order valence-corrected chi connectivity index (χ2v) is 9.06. The van der Waals surface area contributed by atoms with Crippen LogP contribution in [0.25, 0.3) is 10.9 Å². The number of aromatic nitrogens is 1. The first-order chi connectivity index (χ1) is 15.4. The molecule has 1 fully saturated rings. The highest BCUT2D eigenvalue weighted by Crippen LogP contribution is 2.24. The third kappa shape index (κ3) is 5.02. The molecule has 1 aromatic heterocycles. The molecule has 0 spiro atoms. The summed E-state index contributed by atoms with van der Waals surface area (Å²) in [5.41, 5.74) is 5.10. The zero-order chi connectivity index (χ0) is 22.7. The number of benzene rings is 2. The Kier molecular flexibility index (Phi) is 6.60. The number of hydrogen-bond acceptors (Lipinski definition) is 3. The summed E-state index contributed by atoms with van der Waals surface area (Å²) in [6, 6.07) is 14.6. The number of aryl methyl sites for hydroxylation is 1. The third-order valence-electron chi connectivity index (χ3n) is 5.63. The SMILES string of the molecule is Cc1cccc(NC(=O)c2cc3cc(Br)ccc3n2NC(=O)C(=O)NC2CCCCC2)c1. The van der Waals surface area contributed by atoms with E-state index in [-0.39, 0.29) is 11.7 Å². The molecule has 2 aromatic carbocycles. The molecule has 0 bridgehead atoms. The van der Waals surface area contributed by atoms with Gasteiger partial charge in [0.05, 0.1) is 5.52 Å². The fourth-order valence-corrected chi connectivity index (χ4v) is 4.42. The number of anilines is 1. The van der Waals surface area contributed by atoms with Gasteiger partial charge in [-0.15, -0.1) is 0 Å². The summed E-state index contributed by atoms with van der Waals surface area (Å²) in [7, 11) is 0. The van der Waals surface area contributed by atoms with Crippen LogP contribution in [0.4, 0.5) is 5.69 Å². The Morgan fingerprint density at radius 3 is 2.50 bits per heavy atom. The minimum atomic E-state index is -0.805.